The van der Waals surface area contributed by atoms with Gasteiger partial charge in [-0.2, -0.15) is 0 Å². The van der Waals surface area contributed by atoms with Gasteiger partial charge in [0.05, 0.1) is 20.6 Å². The molecule has 142 valence electrons. The molecule has 0 unspecified atom stereocenters. The molecule has 0 fully saturated rings. The first-order chi connectivity index (χ1) is 13.1. The molecule has 27 heavy (non-hydrogen) atoms. The molecule has 4 nitrogen and oxygen atoms in total. The minimum absolute atomic E-state index is 0.127. The third-order valence-corrected chi connectivity index (χ3v) is 6.38. The second-order valence-corrected chi connectivity index (χ2v) is 8.10. The number of nitrogen functional groups attached to an aromatic ring is 1. The molecule has 0 aliphatic heterocycles. The van der Waals surface area contributed by atoms with Gasteiger partial charge < -0.3 is 11.1 Å². The summed E-state index contributed by atoms with van der Waals surface area (Å²) in [6, 6.07) is 16.0. The van der Waals surface area contributed by atoms with Gasteiger partial charge in [-0.05, 0) is 49.1 Å². The Balaban J connectivity index is 1.66. The SMILES string of the molecule is CCC(CC)(Cc1nc2ccccc2s1)C(=O)NCCc1ccc(N)cc1. The molecule has 0 atom stereocenters. The molecule has 0 spiro atoms. The van der Waals surface area contributed by atoms with Crippen LogP contribution in [0.15, 0.2) is 48.5 Å². The Morgan fingerprint density at radius 2 is 1.81 bits per heavy atom. The fraction of sp³-hybridized carbons (Fsp3) is 0.364. The molecule has 3 aromatic rings. The monoisotopic (exact) mass is 381 g/mol. The van der Waals surface area contributed by atoms with E-state index in [4.69, 9.17) is 10.7 Å². The second kappa shape index (κ2) is 8.53. The number of aromatic nitrogens is 1. The number of carbonyl (C=O) groups excluding carboxylic acids is 1. The van der Waals surface area contributed by atoms with Crippen molar-refractivity contribution in [2.24, 2.45) is 5.41 Å². The van der Waals surface area contributed by atoms with E-state index >= 15 is 0 Å². The van der Waals surface area contributed by atoms with E-state index in [0.29, 0.717) is 13.0 Å². The lowest BCUT2D eigenvalue weighted by atomic mass is 9.78. The summed E-state index contributed by atoms with van der Waals surface area (Å²) in [5, 5.41) is 4.18. The fourth-order valence-electron chi connectivity index (χ4n) is 3.38. The highest BCUT2D eigenvalue weighted by Gasteiger charge is 2.35. The molecule has 0 saturated heterocycles. The van der Waals surface area contributed by atoms with Crippen LogP contribution in [0.1, 0.15) is 37.3 Å². The van der Waals surface area contributed by atoms with Crippen LogP contribution in [0.5, 0.6) is 0 Å². The minimum atomic E-state index is -0.408. The molecule has 2 aromatic carbocycles. The first-order valence-corrected chi connectivity index (χ1v) is 10.3. The van der Waals surface area contributed by atoms with Crippen LogP contribution in [0.4, 0.5) is 5.69 Å². The highest BCUT2D eigenvalue weighted by molar-refractivity contribution is 7.18. The van der Waals surface area contributed by atoms with Crippen LogP contribution < -0.4 is 11.1 Å². The number of amides is 1. The molecule has 0 saturated carbocycles. The lowest BCUT2D eigenvalue weighted by Gasteiger charge is -2.29. The summed E-state index contributed by atoms with van der Waals surface area (Å²) < 4.78 is 1.18. The van der Waals surface area contributed by atoms with E-state index < -0.39 is 5.41 Å². The Hall–Kier alpha value is -2.40. The number of anilines is 1. The molecule has 3 N–H and O–H groups in total. The van der Waals surface area contributed by atoms with Crippen LogP contribution in [0.3, 0.4) is 0 Å². The molecule has 0 aliphatic carbocycles. The second-order valence-electron chi connectivity index (χ2n) is 6.99. The summed E-state index contributed by atoms with van der Waals surface area (Å²) in [7, 11) is 0. The van der Waals surface area contributed by atoms with Gasteiger partial charge in [0.25, 0.3) is 0 Å². The average Bonchev–Trinajstić information content (AvgIpc) is 3.10. The maximum atomic E-state index is 13.0. The van der Waals surface area contributed by atoms with Crippen molar-refractivity contribution in [3.05, 3.63) is 59.1 Å². The van der Waals surface area contributed by atoms with E-state index in [1.807, 2.05) is 42.5 Å². The zero-order chi connectivity index (χ0) is 19.3. The molecule has 5 heteroatoms. The maximum absolute atomic E-state index is 13.0. The first kappa shape index (κ1) is 19.4. The fourth-order valence-corrected chi connectivity index (χ4v) is 4.49. The predicted octanol–water partition coefficient (Wildman–Crippen LogP) is 4.59. The number of nitrogens with one attached hydrogen (secondary N) is 1. The molecule has 3 rings (SSSR count). The van der Waals surface area contributed by atoms with E-state index in [0.717, 1.165) is 35.5 Å². The Bertz CT molecular complexity index is 864. The van der Waals surface area contributed by atoms with Gasteiger partial charge in [-0.3, -0.25) is 4.79 Å². The van der Waals surface area contributed by atoms with Gasteiger partial charge in [-0.1, -0.05) is 38.1 Å². The number of benzene rings is 2. The summed E-state index contributed by atoms with van der Waals surface area (Å²) in [4.78, 5) is 17.8. The number of para-hydroxylation sites is 1. The zero-order valence-electron chi connectivity index (χ0n) is 16.0. The summed E-state index contributed by atoms with van der Waals surface area (Å²) in [5.41, 5.74) is 8.27. The molecule has 1 amide bonds. The van der Waals surface area contributed by atoms with E-state index in [-0.39, 0.29) is 5.91 Å². The maximum Gasteiger partial charge on any atom is 0.226 e. The van der Waals surface area contributed by atoms with Gasteiger partial charge in [-0.25, -0.2) is 4.98 Å². The van der Waals surface area contributed by atoms with Crippen LogP contribution in [-0.4, -0.2) is 17.4 Å². The largest absolute Gasteiger partial charge is 0.399 e. The third-order valence-electron chi connectivity index (χ3n) is 5.34. The van der Waals surface area contributed by atoms with Gasteiger partial charge in [0.1, 0.15) is 0 Å². The Labute approximate surface area is 164 Å². The van der Waals surface area contributed by atoms with Gasteiger partial charge in [-0.15, -0.1) is 11.3 Å². The minimum Gasteiger partial charge on any atom is -0.399 e. The van der Waals surface area contributed by atoms with E-state index in [1.165, 1.54) is 10.3 Å². The van der Waals surface area contributed by atoms with E-state index in [1.54, 1.807) is 11.3 Å². The van der Waals surface area contributed by atoms with Crippen molar-refractivity contribution in [3.63, 3.8) is 0 Å². The number of nitrogens with zero attached hydrogens (tertiary/aromatic N) is 1. The summed E-state index contributed by atoms with van der Waals surface area (Å²) in [5.74, 6) is 0.127. The number of thiazole rings is 1. The number of hydrogen-bond donors (Lipinski definition) is 2. The zero-order valence-corrected chi connectivity index (χ0v) is 16.8. The van der Waals surface area contributed by atoms with Crippen molar-refractivity contribution in [1.29, 1.82) is 0 Å². The summed E-state index contributed by atoms with van der Waals surface area (Å²) in [6.45, 7) is 4.82. The molecular formula is C22H27N3OS. The molecule has 0 radical (unpaired) electrons. The number of nitrogens with two attached hydrogens (primary N) is 1. The Morgan fingerprint density at radius 3 is 2.48 bits per heavy atom. The van der Waals surface area contributed by atoms with Crippen LogP contribution in [0.25, 0.3) is 10.2 Å². The Morgan fingerprint density at radius 1 is 1.11 bits per heavy atom. The summed E-state index contributed by atoms with van der Waals surface area (Å²) in [6.07, 6.45) is 3.09. The first-order valence-electron chi connectivity index (χ1n) is 9.53. The molecule has 0 aliphatic rings. The molecule has 0 bridgehead atoms. The molecule has 1 aromatic heterocycles. The van der Waals surface area contributed by atoms with Crippen LogP contribution in [0.2, 0.25) is 0 Å². The van der Waals surface area contributed by atoms with Gasteiger partial charge in [0, 0.05) is 18.7 Å². The summed E-state index contributed by atoms with van der Waals surface area (Å²) >= 11 is 1.69. The standard InChI is InChI=1S/C22H27N3OS/c1-3-22(4-2,15-20-25-18-7-5-6-8-19(18)27-20)21(26)24-14-13-16-9-11-17(23)12-10-16/h5-12H,3-4,13-15,23H2,1-2H3,(H,24,26). The van der Waals surface area contributed by atoms with Crippen molar-refractivity contribution in [2.45, 2.75) is 39.5 Å². The van der Waals surface area contributed by atoms with Crippen molar-refractivity contribution >= 4 is 33.1 Å². The highest BCUT2D eigenvalue weighted by Crippen LogP contribution is 2.34. The number of hydrogen-bond acceptors (Lipinski definition) is 4. The quantitative estimate of drug-likeness (QED) is 0.561. The smallest absolute Gasteiger partial charge is 0.226 e. The van der Waals surface area contributed by atoms with E-state index in [2.05, 4.69) is 25.2 Å². The van der Waals surface area contributed by atoms with Crippen molar-refractivity contribution < 1.29 is 4.79 Å². The van der Waals surface area contributed by atoms with Crippen molar-refractivity contribution in [3.8, 4) is 0 Å². The highest BCUT2D eigenvalue weighted by atomic mass is 32.1. The van der Waals surface area contributed by atoms with Gasteiger partial charge in [0.2, 0.25) is 5.91 Å². The average molecular weight is 382 g/mol. The molecule has 1 heterocycles. The Kier molecular flexibility index (Phi) is 6.11. The molecular weight excluding hydrogens is 354 g/mol. The topological polar surface area (TPSA) is 68.0 Å². The third kappa shape index (κ3) is 4.48. The lowest BCUT2D eigenvalue weighted by Crippen LogP contribution is -2.42. The van der Waals surface area contributed by atoms with Crippen LogP contribution >= 0.6 is 11.3 Å². The van der Waals surface area contributed by atoms with Crippen molar-refractivity contribution in [1.82, 2.24) is 10.3 Å². The van der Waals surface area contributed by atoms with Crippen molar-refractivity contribution in [2.75, 3.05) is 12.3 Å². The van der Waals surface area contributed by atoms with E-state index in [9.17, 15) is 4.79 Å². The predicted molar refractivity (Wildman–Crippen MR) is 114 cm³/mol. The normalized spacial score (nSPS) is 11.6. The number of carbonyl (C=O) groups is 1. The van der Waals surface area contributed by atoms with Crippen LogP contribution in [0, 0.1) is 5.41 Å². The van der Waals surface area contributed by atoms with Crippen LogP contribution in [-0.2, 0) is 17.6 Å². The number of rotatable bonds is 8. The van der Waals surface area contributed by atoms with Gasteiger partial charge >= 0.3 is 0 Å². The van der Waals surface area contributed by atoms with Gasteiger partial charge in [0.15, 0.2) is 0 Å². The number of fused-ring (bicyclic) bond motifs is 1. The lowest BCUT2D eigenvalue weighted by molar-refractivity contribution is -0.131.